The number of anilines is 1. The van der Waals surface area contributed by atoms with Gasteiger partial charge in [0.1, 0.15) is 4.21 Å². The predicted molar refractivity (Wildman–Crippen MR) is 100 cm³/mol. The molecule has 1 saturated heterocycles. The van der Waals surface area contributed by atoms with E-state index >= 15 is 0 Å². The van der Waals surface area contributed by atoms with Crippen LogP contribution in [0.25, 0.3) is 0 Å². The maximum atomic E-state index is 12.7. The first-order valence-corrected chi connectivity index (χ1v) is 10.6. The van der Waals surface area contributed by atoms with Gasteiger partial charge >= 0.3 is 0 Å². The molecule has 1 fully saturated rings. The second-order valence-corrected chi connectivity index (χ2v) is 9.48. The van der Waals surface area contributed by atoms with Crippen LogP contribution in [-0.4, -0.2) is 38.8 Å². The summed E-state index contributed by atoms with van der Waals surface area (Å²) in [5, 5.41) is 0. The van der Waals surface area contributed by atoms with Gasteiger partial charge in [-0.3, -0.25) is 4.79 Å². The zero-order chi connectivity index (χ0) is 17.9. The van der Waals surface area contributed by atoms with Crippen LogP contribution in [0.4, 0.5) is 5.69 Å². The molecule has 0 saturated carbocycles. The van der Waals surface area contributed by atoms with Crippen molar-refractivity contribution in [1.29, 1.82) is 0 Å². The maximum Gasteiger partial charge on any atom is 0.252 e. The summed E-state index contributed by atoms with van der Waals surface area (Å²) in [6.45, 7) is 1.18. The van der Waals surface area contributed by atoms with E-state index in [1.165, 1.54) is 11.3 Å². The van der Waals surface area contributed by atoms with Crippen LogP contribution >= 0.6 is 11.3 Å². The van der Waals surface area contributed by atoms with Gasteiger partial charge in [-0.2, -0.15) is 4.31 Å². The molecular weight excluding hydrogens is 356 g/mol. The average Bonchev–Trinajstić information content (AvgIpc) is 3.12. The van der Waals surface area contributed by atoms with E-state index in [4.69, 9.17) is 0 Å². The molecule has 0 N–H and O–H groups in total. The monoisotopic (exact) mass is 378 g/mol. The van der Waals surface area contributed by atoms with E-state index in [9.17, 15) is 13.2 Å². The SMILES string of the molecule is CN(C(=O)Cc1ccc(S(=O)(=O)N2CCCCC2)s1)c1ccccc1. The maximum absolute atomic E-state index is 12.7. The van der Waals surface area contributed by atoms with Crippen LogP contribution in [0.1, 0.15) is 24.1 Å². The second-order valence-electron chi connectivity index (χ2n) is 6.15. The highest BCUT2D eigenvalue weighted by Gasteiger charge is 2.27. The lowest BCUT2D eigenvalue weighted by molar-refractivity contribution is -0.117. The van der Waals surface area contributed by atoms with Crippen LogP contribution in [0.2, 0.25) is 0 Å². The van der Waals surface area contributed by atoms with Crippen molar-refractivity contribution in [1.82, 2.24) is 4.31 Å². The topological polar surface area (TPSA) is 57.7 Å². The van der Waals surface area contributed by atoms with Crippen molar-refractivity contribution in [2.24, 2.45) is 0 Å². The fourth-order valence-corrected chi connectivity index (χ4v) is 5.91. The molecule has 1 aromatic heterocycles. The number of hydrogen-bond donors (Lipinski definition) is 0. The van der Waals surface area contributed by atoms with Crippen molar-refractivity contribution in [3.05, 3.63) is 47.3 Å². The van der Waals surface area contributed by atoms with Gasteiger partial charge in [0, 0.05) is 30.7 Å². The number of sulfonamides is 1. The third kappa shape index (κ3) is 4.11. The zero-order valence-corrected chi connectivity index (χ0v) is 15.9. The van der Waals surface area contributed by atoms with Crippen LogP contribution in [0.15, 0.2) is 46.7 Å². The number of likely N-dealkylation sites (N-methyl/N-ethyl adjacent to an activating group) is 1. The van der Waals surface area contributed by atoms with Crippen LogP contribution in [0, 0.1) is 0 Å². The minimum atomic E-state index is -3.42. The summed E-state index contributed by atoms with van der Waals surface area (Å²) in [5.74, 6) is -0.0602. The summed E-state index contributed by atoms with van der Waals surface area (Å²) in [6, 6.07) is 12.8. The number of nitrogens with zero attached hydrogens (tertiary/aromatic N) is 2. The summed E-state index contributed by atoms with van der Waals surface area (Å²) < 4.78 is 27.3. The van der Waals surface area contributed by atoms with Crippen molar-refractivity contribution >= 4 is 33.0 Å². The van der Waals surface area contributed by atoms with E-state index in [2.05, 4.69) is 0 Å². The van der Waals surface area contributed by atoms with Gasteiger partial charge in [-0.15, -0.1) is 11.3 Å². The van der Waals surface area contributed by atoms with E-state index in [1.807, 2.05) is 30.3 Å². The summed E-state index contributed by atoms with van der Waals surface area (Å²) in [5.41, 5.74) is 0.824. The molecular formula is C18H22N2O3S2. The van der Waals surface area contributed by atoms with E-state index in [1.54, 1.807) is 28.4 Å². The summed E-state index contributed by atoms with van der Waals surface area (Å²) >= 11 is 1.20. The fourth-order valence-electron chi connectivity index (χ4n) is 2.89. The van der Waals surface area contributed by atoms with E-state index < -0.39 is 10.0 Å². The van der Waals surface area contributed by atoms with Crippen molar-refractivity contribution in [3.63, 3.8) is 0 Å². The van der Waals surface area contributed by atoms with Crippen LogP contribution < -0.4 is 4.90 Å². The number of piperidine rings is 1. The first-order valence-electron chi connectivity index (χ1n) is 8.39. The molecule has 3 rings (SSSR count). The highest BCUT2D eigenvalue weighted by atomic mass is 32.2. The standard InChI is InChI=1S/C18H22N2O3S2/c1-19(15-8-4-2-5-9-15)17(21)14-16-10-11-18(24-16)25(22,23)20-12-6-3-7-13-20/h2,4-5,8-11H,3,6-7,12-14H2,1H3. The number of hydrogen-bond acceptors (Lipinski definition) is 4. The minimum absolute atomic E-state index is 0.0602. The first kappa shape index (κ1) is 18.1. The Morgan fingerprint density at radius 1 is 1.08 bits per heavy atom. The lowest BCUT2D eigenvalue weighted by atomic mass is 10.2. The first-order chi connectivity index (χ1) is 12.0. The molecule has 1 aliphatic heterocycles. The summed E-state index contributed by atoms with van der Waals surface area (Å²) in [7, 11) is -1.69. The lowest BCUT2D eigenvalue weighted by Gasteiger charge is -2.25. The van der Waals surface area contributed by atoms with E-state index in [0.29, 0.717) is 17.3 Å². The Balaban J connectivity index is 1.70. The highest BCUT2D eigenvalue weighted by Crippen LogP contribution is 2.27. The zero-order valence-electron chi connectivity index (χ0n) is 14.2. The molecule has 1 aromatic carbocycles. The van der Waals surface area contributed by atoms with Crippen molar-refractivity contribution < 1.29 is 13.2 Å². The normalized spacial score (nSPS) is 15.9. The van der Waals surface area contributed by atoms with Gasteiger partial charge < -0.3 is 4.90 Å². The summed E-state index contributed by atoms with van der Waals surface area (Å²) in [6.07, 6.45) is 3.11. The molecule has 0 unspecified atom stereocenters. The van der Waals surface area contributed by atoms with Gasteiger partial charge in [-0.1, -0.05) is 24.6 Å². The fraction of sp³-hybridized carbons (Fsp3) is 0.389. The van der Waals surface area contributed by atoms with Gasteiger partial charge in [0.15, 0.2) is 0 Å². The Labute approximate surface area is 152 Å². The number of thiophene rings is 1. The summed E-state index contributed by atoms with van der Waals surface area (Å²) in [4.78, 5) is 14.8. The van der Waals surface area contributed by atoms with Gasteiger partial charge in [0.05, 0.1) is 6.42 Å². The average molecular weight is 379 g/mol. The smallest absolute Gasteiger partial charge is 0.252 e. The lowest BCUT2D eigenvalue weighted by Crippen LogP contribution is -2.35. The van der Waals surface area contributed by atoms with E-state index in [-0.39, 0.29) is 12.3 Å². The molecule has 25 heavy (non-hydrogen) atoms. The van der Waals surface area contributed by atoms with Crippen LogP contribution in [-0.2, 0) is 21.2 Å². The molecule has 0 atom stereocenters. The van der Waals surface area contributed by atoms with Gasteiger partial charge in [-0.05, 0) is 37.1 Å². The quantitative estimate of drug-likeness (QED) is 0.803. The largest absolute Gasteiger partial charge is 0.315 e. The molecule has 1 aliphatic rings. The van der Waals surface area contributed by atoms with Gasteiger partial charge in [-0.25, -0.2) is 8.42 Å². The molecule has 1 amide bonds. The Morgan fingerprint density at radius 3 is 2.44 bits per heavy atom. The molecule has 0 spiro atoms. The molecule has 0 radical (unpaired) electrons. The van der Waals surface area contributed by atoms with Gasteiger partial charge in [0.25, 0.3) is 10.0 Å². The van der Waals surface area contributed by atoms with Crippen LogP contribution in [0.5, 0.6) is 0 Å². The van der Waals surface area contributed by atoms with Crippen molar-refractivity contribution in [2.75, 3.05) is 25.0 Å². The predicted octanol–water partition coefficient (Wildman–Crippen LogP) is 3.13. The van der Waals surface area contributed by atoms with Crippen LogP contribution in [0.3, 0.4) is 0 Å². The van der Waals surface area contributed by atoms with Crippen molar-refractivity contribution in [2.45, 2.75) is 29.9 Å². The van der Waals surface area contributed by atoms with Gasteiger partial charge in [0.2, 0.25) is 5.91 Å². The third-order valence-corrected chi connectivity index (χ3v) is 7.84. The molecule has 7 heteroatoms. The number of carbonyl (C=O) groups is 1. The Morgan fingerprint density at radius 2 is 1.76 bits per heavy atom. The molecule has 0 bridgehead atoms. The minimum Gasteiger partial charge on any atom is -0.315 e. The number of amides is 1. The van der Waals surface area contributed by atoms with Crippen molar-refractivity contribution in [3.8, 4) is 0 Å². The number of para-hydroxylation sites is 1. The Hall–Kier alpha value is -1.70. The Kier molecular flexibility index (Phi) is 5.56. The number of carbonyl (C=O) groups excluding carboxylic acids is 1. The molecule has 2 aromatic rings. The van der Waals surface area contributed by atoms with E-state index in [0.717, 1.165) is 29.8 Å². The number of benzene rings is 1. The number of rotatable bonds is 5. The Bertz CT molecular complexity index is 825. The highest BCUT2D eigenvalue weighted by molar-refractivity contribution is 7.91. The molecule has 5 nitrogen and oxygen atoms in total. The molecule has 134 valence electrons. The molecule has 2 heterocycles. The third-order valence-electron chi connectivity index (χ3n) is 4.39. The second kappa shape index (κ2) is 7.68. The molecule has 0 aliphatic carbocycles.